The minimum atomic E-state index is -0.434. The average molecular weight is 400 g/mol. The molecule has 1 saturated heterocycles. The van der Waals surface area contributed by atoms with E-state index in [1.54, 1.807) is 44.6 Å². The highest BCUT2D eigenvalue weighted by molar-refractivity contribution is 8.26. The maximum absolute atomic E-state index is 12.6. The van der Waals surface area contributed by atoms with Crippen molar-refractivity contribution in [3.05, 3.63) is 64.6 Å². The molecule has 27 heavy (non-hydrogen) atoms. The molecule has 3 rings (SSSR count). The molecular weight excluding hydrogens is 384 g/mol. The Morgan fingerprint density at radius 1 is 1.11 bits per heavy atom. The van der Waals surface area contributed by atoms with Crippen molar-refractivity contribution in [3.8, 4) is 11.5 Å². The van der Waals surface area contributed by atoms with Crippen LogP contribution in [-0.2, 0) is 4.79 Å². The lowest BCUT2D eigenvalue weighted by Gasteiger charge is -2.15. The smallest absolute Gasteiger partial charge is 0.285 e. The van der Waals surface area contributed by atoms with Crippen LogP contribution < -0.4 is 14.9 Å². The van der Waals surface area contributed by atoms with Gasteiger partial charge in [-0.25, -0.2) is 0 Å². The molecule has 0 saturated carbocycles. The van der Waals surface area contributed by atoms with E-state index in [1.165, 1.54) is 0 Å². The molecule has 0 unspecified atom stereocenters. The van der Waals surface area contributed by atoms with Gasteiger partial charge in [-0.3, -0.25) is 15.0 Å². The predicted octanol–water partition coefficient (Wildman–Crippen LogP) is 3.25. The molecule has 1 heterocycles. The number of methoxy groups -OCH3 is 2. The molecule has 1 aliphatic heterocycles. The van der Waals surface area contributed by atoms with Gasteiger partial charge in [0.2, 0.25) is 0 Å². The van der Waals surface area contributed by atoms with Crippen molar-refractivity contribution >= 4 is 46.2 Å². The van der Waals surface area contributed by atoms with Gasteiger partial charge in [0.15, 0.2) is 4.32 Å². The normalized spacial score (nSPS) is 15.2. The molecule has 2 amide bonds. The molecule has 0 aliphatic carbocycles. The first-order valence-corrected chi connectivity index (χ1v) is 9.11. The summed E-state index contributed by atoms with van der Waals surface area (Å²) in [6, 6.07) is 13.9. The number of hydrogen-bond acceptors (Lipinski definition) is 6. The zero-order valence-corrected chi connectivity index (χ0v) is 16.2. The van der Waals surface area contributed by atoms with Gasteiger partial charge in [-0.2, -0.15) is 5.01 Å². The van der Waals surface area contributed by atoms with Gasteiger partial charge in [0.25, 0.3) is 11.8 Å². The first kappa shape index (κ1) is 18.9. The number of amides is 2. The monoisotopic (exact) mass is 400 g/mol. The highest BCUT2D eigenvalue weighted by atomic mass is 32.2. The van der Waals surface area contributed by atoms with Crippen molar-refractivity contribution in [2.24, 2.45) is 0 Å². The second kappa shape index (κ2) is 8.24. The number of hydrazine groups is 1. The molecule has 138 valence electrons. The number of thiocarbonyl (C=S) groups is 1. The maximum Gasteiger partial charge on any atom is 0.285 e. The Bertz CT molecular complexity index is 926. The number of hydrogen-bond donors (Lipinski definition) is 1. The standard InChI is InChI=1S/C19H16N2O4S2/c1-24-14-8-6-13(7-9-14)17(22)20-21-18(23)16(27-19(21)26)11-12-4-3-5-15(10-12)25-2/h3-11H,1-2H3,(H,20,22). The lowest BCUT2D eigenvalue weighted by Crippen LogP contribution is -2.44. The van der Waals surface area contributed by atoms with Crippen LogP contribution in [-0.4, -0.2) is 35.4 Å². The number of thioether (sulfide) groups is 1. The number of nitrogens with one attached hydrogen (secondary N) is 1. The van der Waals surface area contributed by atoms with Crippen LogP contribution in [0.15, 0.2) is 53.4 Å². The lowest BCUT2D eigenvalue weighted by molar-refractivity contribution is -0.123. The number of carbonyl (C=O) groups excluding carboxylic acids is 2. The third-order valence-corrected chi connectivity index (χ3v) is 5.05. The molecular formula is C19H16N2O4S2. The number of rotatable bonds is 5. The summed E-state index contributed by atoms with van der Waals surface area (Å²) in [4.78, 5) is 25.4. The zero-order valence-electron chi connectivity index (χ0n) is 14.6. The largest absolute Gasteiger partial charge is 0.497 e. The SMILES string of the molecule is COc1ccc(C(=O)NN2C(=O)C(=Cc3cccc(OC)c3)SC2=S)cc1. The second-order valence-corrected chi connectivity index (χ2v) is 7.14. The Morgan fingerprint density at radius 2 is 1.81 bits per heavy atom. The van der Waals surface area contributed by atoms with Crippen LogP contribution in [0, 0.1) is 0 Å². The van der Waals surface area contributed by atoms with E-state index in [0.717, 1.165) is 22.3 Å². The Kier molecular flexibility index (Phi) is 5.78. The minimum Gasteiger partial charge on any atom is -0.497 e. The van der Waals surface area contributed by atoms with Gasteiger partial charge in [0.1, 0.15) is 11.5 Å². The van der Waals surface area contributed by atoms with E-state index < -0.39 is 5.91 Å². The third kappa shape index (κ3) is 4.29. The van der Waals surface area contributed by atoms with Crippen molar-refractivity contribution in [2.75, 3.05) is 14.2 Å². The summed E-state index contributed by atoms with van der Waals surface area (Å²) >= 11 is 6.36. The molecule has 0 atom stereocenters. The van der Waals surface area contributed by atoms with Crippen molar-refractivity contribution in [3.63, 3.8) is 0 Å². The van der Waals surface area contributed by atoms with Crippen molar-refractivity contribution in [1.82, 2.24) is 10.4 Å². The van der Waals surface area contributed by atoms with E-state index in [0.29, 0.717) is 22.0 Å². The predicted molar refractivity (Wildman–Crippen MR) is 108 cm³/mol. The molecule has 0 bridgehead atoms. The number of nitrogens with zero attached hydrogens (tertiary/aromatic N) is 1. The Morgan fingerprint density at radius 3 is 2.48 bits per heavy atom. The summed E-state index contributed by atoms with van der Waals surface area (Å²) in [5.41, 5.74) is 3.74. The van der Waals surface area contributed by atoms with Crippen LogP contribution in [0.4, 0.5) is 0 Å². The first-order valence-electron chi connectivity index (χ1n) is 7.89. The van der Waals surface area contributed by atoms with E-state index in [4.69, 9.17) is 21.7 Å². The van der Waals surface area contributed by atoms with Gasteiger partial charge in [0, 0.05) is 5.56 Å². The van der Waals surface area contributed by atoms with Gasteiger partial charge in [-0.05, 0) is 60.3 Å². The van der Waals surface area contributed by atoms with Crippen LogP contribution in [0.3, 0.4) is 0 Å². The number of benzene rings is 2. The molecule has 1 fully saturated rings. The van der Waals surface area contributed by atoms with Crippen molar-refractivity contribution < 1.29 is 19.1 Å². The van der Waals surface area contributed by atoms with Crippen LogP contribution in [0.5, 0.6) is 11.5 Å². The molecule has 1 N–H and O–H groups in total. The van der Waals surface area contributed by atoms with Gasteiger partial charge < -0.3 is 9.47 Å². The average Bonchev–Trinajstić information content (AvgIpc) is 2.95. The molecule has 0 spiro atoms. The zero-order chi connectivity index (χ0) is 19.4. The summed E-state index contributed by atoms with van der Waals surface area (Å²) in [6.45, 7) is 0. The summed E-state index contributed by atoms with van der Waals surface area (Å²) in [7, 11) is 3.12. The van der Waals surface area contributed by atoms with E-state index in [9.17, 15) is 9.59 Å². The fourth-order valence-corrected chi connectivity index (χ4v) is 3.53. The van der Waals surface area contributed by atoms with Crippen LogP contribution >= 0.6 is 24.0 Å². The summed E-state index contributed by atoms with van der Waals surface area (Å²) in [6.07, 6.45) is 1.71. The summed E-state index contributed by atoms with van der Waals surface area (Å²) < 4.78 is 10.5. The van der Waals surface area contributed by atoms with Crippen LogP contribution in [0.2, 0.25) is 0 Å². The highest BCUT2D eigenvalue weighted by Crippen LogP contribution is 2.32. The quantitative estimate of drug-likeness (QED) is 0.614. The maximum atomic E-state index is 12.6. The van der Waals surface area contributed by atoms with E-state index in [2.05, 4.69) is 5.43 Å². The van der Waals surface area contributed by atoms with Gasteiger partial charge >= 0.3 is 0 Å². The van der Waals surface area contributed by atoms with Crippen LogP contribution in [0.1, 0.15) is 15.9 Å². The number of ether oxygens (including phenoxy) is 2. The Balaban J connectivity index is 1.75. The lowest BCUT2D eigenvalue weighted by atomic mass is 10.2. The van der Waals surface area contributed by atoms with Gasteiger partial charge in [-0.15, -0.1) is 0 Å². The summed E-state index contributed by atoms with van der Waals surface area (Å²) in [5.74, 6) is 0.511. The molecule has 0 aromatic heterocycles. The van der Waals surface area contributed by atoms with Gasteiger partial charge in [-0.1, -0.05) is 23.9 Å². The van der Waals surface area contributed by atoms with Crippen LogP contribution in [0.25, 0.3) is 6.08 Å². The molecule has 8 heteroatoms. The second-order valence-electron chi connectivity index (χ2n) is 5.46. The molecule has 2 aromatic carbocycles. The molecule has 6 nitrogen and oxygen atoms in total. The number of carbonyl (C=O) groups is 2. The van der Waals surface area contributed by atoms with Gasteiger partial charge in [0.05, 0.1) is 19.1 Å². The highest BCUT2D eigenvalue weighted by Gasteiger charge is 2.33. The van der Waals surface area contributed by atoms with Crippen molar-refractivity contribution in [2.45, 2.75) is 0 Å². The molecule has 0 radical (unpaired) electrons. The fourth-order valence-electron chi connectivity index (χ4n) is 2.36. The topological polar surface area (TPSA) is 67.9 Å². The molecule has 1 aliphatic rings. The van der Waals surface area contributed by atoms with E-state index in [-0.39, 0.29) is 10.2 Å². The Labute approximate surface area is 166 Å². The summed E-state index contributed by atoms with van der Waals surface area (Å²) in [5, 5.41) is 1.08. The Hall–Kier alpha value is -2.84. The minimum absolute atomic E-state index is 0.260. The first-order chi connectivity index (χ1) is 13.0. The van der Waals surface area contributed by atoms with Crippen molar-refractivity contribution in [1.29, 1.82) is 0 Å². The fraction of sp³-hybridized carbons (Fsp3) is 0.105. The van der Waals surface area contributed by atoms with E-state index in [1.807, 2.05) is 24.3 Å². The molecule has 2 aromatic rings. The third-order valence-electron chi connectivity index (χ3n) is 3.75. The van der Waals surface area contributed by atoms with E-state index >= 15 is 0 Å².